The zero-order chi connectivity index (χ0) is 13.4. The molecule has 0 fully saturated rings. The Morgan fingerprint density at radius 1 is 0.947 bits per heavy atom. The Kier molecular flexibility index (Phi) is 2.90. The molecule has 1 heterocycles. The molecule has 3 rings (SSSR count). The van der Waals surface area contributed by atoms with Crippen LogP contribution in [0.3, 0.4) is 0 Å². The van der Waals surface area contributed by atoms with Gasteiger partial charge in [-0.2, -0.15) is 0 Å². The molecule has 0 aliphatic heterocycles. The van der Waals surface area contributed by atoms with E-state index in [-0.39, 0.29) is 0 Å². The fourth-order valence-electron chi connectivity index (χ4n) is 2.79. The van der Waals surface area contributed by atoms with Crippen LogP contribution in [0.15, 0.2) is 48.5 Å². The second kappa shape index (κ2) is 4.58. The first kappa shape index (κ1) is 12.0. The van der Waals surface area contributed by atoms with E-state index in [9.17, 15) is 0 Å². The van der Waals surface area contributed by atoms with Crippen molar-refractivity contribution in [2.24, 2.45) is 7.05 Å². The van der Waals surface area contributed by atoms with E-state index in [1.165, 1.54) is 33.3 Å². The molecule has 0 saturated heterocycles. The highest BCUT2D eigenvalue weighted by molar-refractivity contribution is 5.86. The minimum atomic E-state index is 1.01. The van der Waals surface area contributed by atoms with Crippen LogP contribution in [0.4, 0.5) is 0 Å². The van der Waals surface area contributed by atoms with Gasteiger partial charge in [0, 0.05) is 23.6 Å². The van der Waals surface area contributed by atoms with Gasteiger partial charge in [0.15, 0.2) is 0 Å². The third-order valence-corrected chi connectivity index (χ3v) is 4.00. The number of fused-ring (bicyclic) bond motifs is 1. The maximum Gasteiger partial charge on any atom is 0.0482 e. The zero-order valence-corrected chi connectivity index (χ0v) is 11.8. The molecule has 0 saturated carbocycles. The largest absolute Gasteiger partial charge is 0.348 e. The minimum Gasteiger partial charge on any atom is -0.348 e. The standard InChI is InChI=1S/C18H19N/c1-13-9-10-18-17(11-13)16(14(2)19(18)3)12-15-7-5-4-6-8-15/h4-11H,12H2,1-3H3. The molecule has 0 amide bonds. The van der Waals surface area contributed by atoms with Crippen LogP contribution in [0.2, 0.25) is 0 Å². The van der Waals surface area contributed by atoms with Crippen molar-refractivity contribution in [3.8, 4) is 0 Å². The van der Waals surface area contributed by atoms with Crippen molar-refractivity contribution in [2.75, 3.05) is 0 Å². The van der Waals surface area contributed by atoms with Crippen LogP contribution < -0.4 is 0 Å². The summed E-state index contributed by atoms with van der Waals surface area (Å²) in [5, 5.41) is 1.39. The SMILES string of the molecule is Cc1ccc2c(c1)c(Cc1ccccc1)c(C)n2C. The number of hydrogen-bond donors (Lipinski definition) is 0. The molecule has 0 radical (unpaired) electrons. The van der Waals surface area contributed by atoms with Gasteiger partial charge in [-0.25, -0.2) is 0 Å². The van der Waals surface area contributed by atoms with E-state index in [0.29, 0.717) is 0 Å². The maximum atomic E-state index is 2.31. The highest BCUT2D eigenvalue weighted by Gasteiger charge is 2.12. The van der Waals surface area contributed by atoms with E-state index in [0.717, 1.165) is 6.42 Å². The monoisotopic (exact) mass is 249 g/mol. The Hall–Kier alpha value is -2.02. The van der Waals surface area contributed by atoms with Crippen LogP contribution in [-0.2, 0) is 13.5 Å². The topological polar surface area (TPSA) is 4.93 Å². The highest BCUT2D eigenvalue weighted by atomic mass is 14.9. The Morgan fingerprint density at radius 3 is 2.42 bits per heavy atom. The lowest BCUT2D eigenvalue weighted by atomic mass is 10.0. The van der Waals surface area contributed by atoms with Gasteiger partial charge in [0.1, 0.15) is 0 Å². The molecular weight excluding hydrogens is 230 g/mol. The molecule has 19 heavy (non-hydrogen) atoms. The van der Waals surface area contributed by atoms with E-state index < -0.39 is 0 Å². The lowest BCUT2D eigenvalue weighted by Crippen LogP contribution is -1.93. The number of rotatable bonds is 2. The summed E-state index contributed by atoms with van der Waals surface area (Å²) < 4.78 is 2.30. The van der Waals surface area contributed by atoms with Crippen molar-refractivity contribution < 1.29 is 0 Å². The van der Waals surface area contributed by atoms with Crippen molar-refractivity contribution in [3.05, 3.63) is 70.9 Å². The molecule has 0 aliphatic rings. The summed E-state index contributed by atoms with van der Waals surface area (Å²) in [7, 11) is 2.15. The molecule has 0 aliphatic carbocycles. The lowest BCUT2D eigenvalue weighted by molar-refractivity contribution is 0.903. The maximum absolute atomic E-state index is 2.31. The highest BCUT2D eigenvalue weighted by Crippen LogP contribution is 2.27. The third-order valence-electron chi connectivity index (χ3n) is 4.00. The van der Waals surface area contributed by atoms with Gasteiger partial charge in [0.25, 0.3) is 0 Å². The van der Waals surface area contributed by atoms with Gasteiger partial charge in [0.05, 0.1) is 0 Å². The first-order valence-electron chi connectivity index (χ1n) is 6.75. The van der Waals surface area contributed by atoms with Crippen molar-refractivity contribution in [1.82, 2.24) is 4.57 Å². The lowest BCUT2D eigenvalue weighted by Gasteiger charge is -2.03. The first-order chi connectivity index (χ1) is 9.16. The van der Waals surface area contributed by atoms with Gasteiger partial charge in [0.2, 0.25) is 0 Å². The molecule has 0 atom stereocenters. The van der Waals surface area contributed by atoms with Crippen molar-refractivity contribution in [3.63, 3.8) is 0 Å². The summed E-state index contributed by atoms with van der Waals surface area (Å²) in [5.41, 5.74) is 6.85. The van der Waals surface area contributed by atoms with Crippen LogP contribution in [0, 0.1) is 13.8 Å². The van der Waals surface area contributed by atoms with Crippen molar-refractivity contribution >= 4 is 10.9 Å². The molecular formula is C18H19N. The second-order valence-electron chi connectivity index (χ2n) is 5.31. The second-order valence-corrected chi connectivity index (χ2v) is 5.31. The zero-order valence-electron chi connectivity index (χ0n) is 11.8. The summed E-state index contributed by atoms with van der Waals surface area (Å²) in [6.07, 6.45) is 1.01. The number of nitrogens with zero attached hydrogens (tertiary/aromatic N) is 1. The van der Waals surface area contributed by atoms with Gasteiger partial charge in [-0.05, 0) is 43.5 Å². The molecule has 96 valence electrons. The molecule has 1 heteroatoms. The molecule has 1 aromatic heterocycles. The Bertz CT molecular complexity index is 720. The molecule has 0 N–H and O–H groups in total. The van der Waals surface area contributed by atoms with Gasteiger partial charge in [-0.1, -0.05) is 42.0 Å². The molecule has 1 nitrogen and oxygen atoms in total. The van der Waals surface area contributed by atoms with Gasteiger partial charge >= 0.3 is 0 Å². The van der Waals surface area contributed by atoms with Crippen molar-refractivity contribution in [1.29, 1.82) is 0 Å². The summed E-state index contributed by atoms with van der Waals surface area (Å²) in [6.45, 7) is 4.38. The smallest absolute Gasteiger partial charge is 0.0482 e. The molecule has 3 aromatic rings. The Morgan fingerprint density at radius 2 is 1.68 bits per heavy atom. The fraction of sp³-hybridized carbons (Fsp3) is 0.222. The predicted octanol–water partition coefficient (Wildman–Crippen LogP) is 4.39. The summed E-state index contributed by atoms with van der Waals surface area (Å²) >= 11 is 0. The summed E-state index contributed by atoms with van der Waals surface area (Å²) in [6, 6.07) is 17.4. The van der Waals surface area contributed by atoms with Gasteiger partial charge < -0.3 is 4.57 Å². The third kappa shape index (κ3) is 2.06. The van der Waals surface area contributed by atoms with Crippen LogP contribution in [0.5, 0.6) is 0 Å². The minimum absolute atomic E-state index is 1.01. The average molecular weight is 249 g/mol. The Balaban J connectivity index is 2.17. The number of aryl methyl sites for hydroxylation is 2. The number of hydrogen-bond acceptors (Lipinski definition) is 0. The van der Waals surface area contributed by atoms with E-state index in [1.807, 2.05) is 0 Å². The van der Waals surface area contributed by atoms with Crippen molar-refractivity contribution in [2.45, 2.75) is 20.3 Å². The molecule has 0 spiro atoms. The normalized spacial score (nSPS) is 11.1. The quantitative estimate of drug-likeness (QED) is 0.635. The van der Waals surface area contributed by atoms with E-state index in [2.05, 4.69) is 74.0 Å². The average Bonchev–Trinajstić information content (AvgIpc) is 2.65. The molecule has 2 aromatic carbocycles. The van der Waals surface area contributed by atoms with Crippen LogP contribution >= 0.6 is 0 Å². The summed E-state index contributed by atoms with van der Waals surface area (Å²) in [4.78, 5) is 0. The number of aromatic nitrogens is 1. The van der Waals surface area contributed by atoms with Crippen LogP contribution in [0.25, 0.3) is 10.9 Å². The van der Waals surface area contributed by atoms with Gasteiger partial charge in [-0.15, -0.1) is 0 Å². The fourth-order valence-corrected chi connectivity index (χ4v) is 2.79. The van der Waals surface area contributed by atoms with E-state index in [1.54, 1.807) is 0 Å². The first-order valence-corrected chi connectivity index (χ1v) is 6.75. The van der Waals surface area contributed by atoms with Gasteiger partial charge in [-0.3, -0.25) is 0 Å². The predicted molar refractivity (Wildman–Crippen MR) is 81.6 cm³/mol. The number of benzene rings is 2. The molecule has 0 bridgehead atoms. The van der Waals surface area contributed by atoms with E-state index >= 15 is 0 Å². The summed E-state index contributed by atoms with van der Waals surface area (Å²) in [5.74, 6) is 0. The molecule has 0 unspecified atom stereocenters. The van der Waals surface area contributed by atoms with E-state index in [4.69, 9.17) is 0 Å². The Labute approximate surface area is 114 Å². The van der Waals surface area contributed by atoms with Crippen LogP contribution in [-0.4, -0.2) is 4.57 Å². The van der Waals surface area contributed by atoms with Crippen LogP contribution in [0.1, 0.15) is 22.4 Å².